The Kier molecular flexibility index (Phi) is 28.0. The minimum Gasteiger partial charge on any atom is -0.155 e. The molecule has 0 aliphatic rings. The van der Waals surface area contributed by atoms with Crippen molar-refractivity contribution in [1.82, 2.24) is 0 Å². The van der Waals surface area contributed by atoms with Gasteiger partial charge in [0.1, 0.15) is 0 Å². The molecule has 2 unspecified atom stereocenters. The van der Waals surface area contributed by atoms with E-state index in [-0.39, 0.29) is 0 Å². The lowest BCUT2D eigenvalue weighted by atomic mass is 10.1. The van der Waals surface area contributed by atoms with Gasteiger partial charge >= 0.3 is 0 Å². The minimum atomic E-state index is 0.744. The fraction of sp³-hybridized carbons (Fsp3) is 1.00. The van der Waals surface area contributed by atoms with Gasteiger partial charge in [0.2, 0.25) is 0 Å². The van der Waals surface area contributed by atoms with Crippen molar-refractivity contribution in [2.24, 2.45) is 0 Å². The van der Waals surface area contributed by atoms with Crippen LogP contribution >= 0.6 is 35.0 Å². The van der Waals surface area contributed by atoms with Gasteiger partial charge in [-0.1, -0.05) is 129 Å². The molecule has 188 valence electrons. The number of thioether (sulfide) groups is 1. The van der Waals surface area contributed by atoms with Crippen LogP contribution in [0.25, 0.3) is 0 Å². The number of halogens is 2. The molecule has 0 saturated carbocycles. The maximum atomic E-state index is 6.15. The molecule has 0 heterocycles. The maximum absolute atomic E-state index is 6.15. The van der Waals surface area contributed by atoms with Gasteiger partial charge < -0.3 is 0 Å². The monoisotopic (exact) mass is 494 g/mol. The fourth-order valence-electron chi connectivity index (χ4n) is 4.44. The van der Waals surface area contributed by atoms with Crippen LogP contribution in [-0.2, 0) is 0 Å². The summed E-state index contributed by atoms with van der Waals surface area (Å²) in [5, 5.41) is 1.49. The second kappa shape index (κ2) is 27.2. The summed E-state index contributed by atoms with van der Waals surface area (Å²) in [4.78, 5) is 0. The maximum Gasteiger partial charge on any atom is 0.0233 e. The summed E-state index contributed by atoms with van der Waals surface area (Å²) in [5.74, 6) is 1.61. The van der Waals surface area contributed by atoms with Gasteiger partial charge in [-0.2, -0.15) is 11.8 Å². The van der Waals surface area contributed by atoms with E-state index in [9.17, 15) is 0 Å². The number of rotatable bonds is 26. The molecule has 0 bridgehead atoms. The van der Waals surface area contributed by atoms with E-state index < -0.39 is 0 Å². The average molecular weight is 496 g/mol. The summed E-state index contributed by atoms with van der Waals surface area (Å²) in [6.45, 7) is 4.59. The molecule has 3 heteroatoms. The van der Waals surface area contributed by atoms with Crippen LogP contribution in [0.3, 0.4) is 0 Å². The zero-order valence-corrected chi connectivity index (χ0v) is 23.6. The Balaban J connectivity index is 3.88. The molecule has 0 nitrogen and oxygen atoms in total. The van der Waals surface area contributed by atoms with Crippen LogP contribution in [0, 0.1) is 0 Å². The summed E-state index contributed by atoms with van der Waals surface area (Å²) in [5.41, 5.74) is 0. The van der Waals surface area contributed by atoms with Gasteiger partial charge in [-0.25, -0.2) is 0 Å². The smallest absolute Gasteiger partial charge is 0.0233 e. The van der Waals surface area contributed by atoms with Gasteiger partial charge in [0.15, 0.2) is 0 Å². The molecular weight excluding hydrogens is 439 g/mol. The summed E-state index contributed by atoms with van der Waals surface area (Å²) in [6.07, 6.45) is 30.5. The fourth-order valence-corrected chi connectivity index (χ4v) is 6.89. The van der Waals surface area contributed by atoms with Crippen LogP contribution in [0.1, 0.15) is 155 Å². The van der Waals surface area contributed by atoms with Gasteiger partial charge in [0, 0.05) is 22.3 Å². The van der Waals surface area contributed by atoms with Crippen molar-refractivity contribution in [2.75, 3.05) is 11.8 Å². The molecule has 0 fully saturated rings. The highest BCUT2D eigenvalue weighted by molar-refractivity contribution is 8.00. The Morgan fingerprint density at radius 1 is 0.419 bits per heavy atom. The molecule has 0 aliphatic heterocycles. The van der Waals surface area contributed by atoms with Gasteiger partial charge in [0.05, 0.1) is 0 Å². The van der Waals surface area contributed by atoms with Crippen LogP contribution in [0.4, 0.5) is 0 Å². The van der Waals surface area contributed by atoms with E-state index in [0.29, 0.717) is 0 Å². The molecule has 0 aromatic carbocycles. The van der Waals surface area contributed by atoms with Gasteiger partial charge in [-0.3, -0.25) is 0 Å². The topological polar surface area (TPSA) is 0 Å². The molecule has 0 aliphatic carbocycles. The van der Waals surface area contributed by atoms with Gasteiger partial charge in [-0.15, -0.1) is 23.2 Å². The first-order valence-corrected chi connectivity index (χ1v) is 16.1. The Labute approximate surface area is 211 Å². The summed E-state index contributed by atoms with van der Waals surface area (Å²) in [7, 11) is 0. The van der Waals surface area contributed by atoms with E-state index in [1.165, 1.54) is 141 Å². The average Bonchev–Trinajstić information content (AvgIpc) is 2.77. The zero-order chi connectivity index (χ0) is 22.8. The molecule has 0 spiro atoms. The Morgan fingerprint density at radius 3 is 1.00 bits per heavy atom. The zero-order valence-electron chi connectivity index (χ0n) is 21.3. The van der Waals surface area contributed by atoms with Crippen molar-refractivity contribution in [1.29, 1.82) is 0 Å². The van der Waals surface area contributed by atoms with Crippen LogP contribution in [0.2, 0.25) is 0 Å². The lowest BCUT2D eigenvalue weighted by Crippen LogP contribution is -2.13. The highest BCUT2D eigenvalue weighted by Crippen LogP contribution is 2.31. The van der Waals surface area contributed by atoms with E-state index in [1.807, 2.05) is 0 Å². The predicted octanol–water partition coefficient (Wildman–Crippen LogP) is 11.6. The van der Waals surface area contributed by atoms with E-state index in [2.05, 4.69) is 25.6 Å². The van der Waals surface area contributed by atoms with E-state index in [4.69, 9.17) is 23.2 Å². The number of hydrogen-bond acceptors (Lipinski definition) is 1. The lowest BCUT2D eigenvalue weighted by molar-refractivity contribution is 0.545. The molecule has 2 atom stereocenters. The van der Waals surface area contributed by atoms with E-state index in [1.54, 1.807) is 0 Å². The van der Waals surface area contributed by atoms with Gasteiger partial charge in [0.25, 0.3) is 0 Å². The van der Waals surface area contributed by atoms with Crippen molar-refractivity contribution in [2.45, 2.75) is 166 Å². The molecule has 0 amide bonds. The minimum absolute atomic E-state index is 0.744. The molecular formula is C28H56Cl2S. The number of alkyl halides is 2. The SMILES string of the molecule is CCCCCCCCCCCC(CCCl)SC(CCCl)CCCCCCCCCCC. The first-order valence-electron chi connectivity index (χ1n) is 14.1. The normalized spacial score (nSPS) is 13.5. The molecule has 0 aromatic heterocycles. The standard InChI is InChI=1S/C28H56Cl2S/c1-3-5-7-9-11-13-15-17-19-21-27(23-25-29)31-28(24-26-30)22-20-18-16-14-12-10-8-6-4-2/h27-28H,3-26H2,1-2H3. The molecule has 0 N–H and O–H groups in total. The van der Waals surface area contributed by atoms with Crippen LogP contribution in [0.15, 0.2) is 0 Å². The molecule has 31 heavy (non-hydrogen) atoms. The number of unbranched alkanes of at least 4 members (excludes halogenated alkanes) is 16. The third-order valence-corrected chi connectivity index (χ3v) is 8.66. The van der Waals surface area contributed by atoms with Crippen molar-refractivity contribution in [3.63, 3.8) is 0 Å². The summed E-state index contributed by atoms with van der Waals surface area (Å²) in [6, 6.07) is 0. The van der Waals surface area contributed by atoms with Gasteiger partial charge in [-0.05, 0) is 25.7 Å². The highest BCUT2D eigenvalue weighted by Gasteiger charge is 2.16. The summed E-state index contributed by atoms with van der Waals surface area (Å²) >= 11 is 14.5. The van der Waals surface area contributed by atoms with Crippen LogP contribution in [0.5, 0.6) is 0 Å². The van der Waals surface area contributed by atoms with Crippen molar-refractivity contribution in [3.8, 4) is 0 Å². The second-order valence-electron chi connectivity index (χ2n) is 9.57. The van der Waals surface area contributed by atoms with Crippen molar-refractivity contribution in [3.05, 3.63) is 0 Å². The largest absolute Gasteiger partial charge is 0.155 e. The lowest BCUT2D eigenvalue weighted by Gasteiger charge is -2.23. The van der Waals surface area contributed by atoms with Crippen LogP contribution in [-0.4, -0.2) is 22.3 Å². The molecule has 0 rings (SSSR count). The molecule has 0 saturated heterocycles. The van der Waals surface area contributed by atoms with E-state index >= 15 is 0 Å². The van der Waals surface area contributed by atoms with Crippen molar-refractivity contribution >= 4 is 35.0 Å². The Morgan fingerprint density at radius 2 is 0.710 bits per heavy atom. The Bertz CT molecular complexity index is 294. The third-order valence-electron chi connectivity index (χ3n) is 6.51. The van der Waals surface area contributed by atoms with E-state index in [0.717, 1.165) is 22.3 Å². The Hall–Kier alpha value is 0.930. The third kappa shape index (κ3) is 23.9. The molecule has 0 aromatic rings. The first-order chi connectivity index (χ1) is 15.3. The quantitative estimate of drug-likeness (QED) is 0.0849. The van der Waals surface area contributed by atoms with Crippen LogP contribution < -0.4 is 0 Å². The molecule has 0 radical (unpaired) electrons. The summed E-state index contributed by atoms with van der Waals surface area (Å²) < 4.78 is 0. The van der Waals surface area contributed by atoms with Crippen molar-refractivity contribution < 1.29 is 0 Å². The number of hydrogen-bond donors (Lipinski definition) is 0. The first kappa shape index (κ1) is 31.9. The predicted molar refractivity (Wildman–Crippen MR) is 150 cm³/mol. The second-order valence-corrected chi connectivity index (χ2v) is 11.9. The highest BCUT2D eigenvalue weighted by atomic mass is 35.5.